The van der Waals surface area contributed by atoms with Gasteiger partial charge < -0.3 is 15.0 Å². The molecule has 0 heterocycles. The van der Waals surface area contributed by atoms with E-state index in [1.165, 1.54) is 9.21 Å². The van der Waals surface area contributed by atoms with Gasteiger partial charge in [0.15, 0.2) is 0 Å². The third-order valence-electron chi connectivity index (χ3n) is 7.25. The van der Waals surface area contributed by atoms with E-state index in [2.05, 4.69) is 5.32 Å². The fourth-order valence-electron chi connectivity index (χ4n) is 4.77. The van der Waals surface area contributed by atoms with Crippen molar-refractivity contribution in [3.8, 4) is 5.75 Å². The molecule has 0 saturated carbocycles. The second-order valence-corrected chi connectivity index (χ2v) is 13.3. The van der Waals surface area contributed by atoms with Crippen molar-refractivity contribution in [2.75, 3.05) is 23.7 Å². The van der Waals surface area contributed by atoms with Gasteiger partial charge in [-0.2, -0.15) is 0 Å². The first-order valence-electron chi connectivity index (χ1n) is 14.7. The Labute approximate surface area is 271 Å². The van der Waals surface area contributed by atoms with Gasteiger partial charge in [0.25, 0.3) is 0 Å². The number of rotatable bonds is 16. The second kappa shape index (κ2) is 16.7. The molecule has 1 N–H and O–H groups in total. The van der Waals surface area contributed by atoms with E-state index in [0.717, 1.165) is 18.2 Å². The summed E-state index contributed by atoms with van der Waals surface area (Å²) in [6, 6.07) is 20.5. The van der Waals surface area contributed by atoms with Crippen LogP contribution in [-0.2, 0) is 32.6 Å². The van der Waals surface area contributed by atoms with Crippen molar-refractivity contribution >= 4 is 50.7 Å². The Morgan fingerprint density at radius 2 is 1.57 bits per heavy atom. The number of benzene rings is 3. The number of nitrogens with one attached hydrogen (secondary N) is 1. The molecule has 0 aliphatic heterocycles. The highest BCUT2D eigenvalue weighted by Crippen LogP contribution is 2.31. The summed E-state index contributed by atoms with van der Waals surface area (Å²) in [5.41, 5.74) is 1.82. The summed E-state index contributed by atoms with van der Waals surface area (Å²) in [7, 11) is -3.69. The van der Waals surface area contributed by atoms with Gasteiger partial charge in [-0.05, 0) is 56.5 Å². The largest absolute Gasteiger partial charge is 0.492 e. The number of hydrogen-bond donors (Lipinski definition) is 1. The van der Waals surface area contributed by atoms with E-state index in [1.807, 2.05) is 51.1 Å². The predicted octanol–water partition coefficient (Wildman–Crippen LogP) is 6.49. The number of sulfonamides is 1. The van der Waals surface area contributed by atoms with Crippen molar-refractivity contribution in [3.05, 3.63) is 94.0 Å². The average molecular weight is 663 g/mol. The Morgan fingerprint density at radius 1 is 0.932 bits per heavy atom. The number of nitrogens with zero attached hydrogens (tertiary/aromatic N) is 2. The van der Waals surface area contributed by atoms with Crippen molar-refractivity contribution in [1.82, 2.24) is 10.2 Å². The minimum absolute atomic E-state index is 0.00568. The van der Waals surface area contributed by atoms with Gasteiger partial charge in [-0.1, -0.05) is 78.7 Å². The maximum Gasteiger partial charge on any atom is 0.243 e. The van der Waals surface area contributed by atoms with Crippen LogP contribution in [0.3, 0.4) is 0 Å². The molecule has 2 atom stereocenters. The maximum atomic E-state index is 14.1. The standard InChI is InChI=1S/C33H41Cl2N3O5S/c1-5-24(3)36-33(40)30(22-25-14-8-7-9-15-25)37(23-26-27(34)16-12-17-28(26)35)32(39)20-13-21-38(44(4,41)42)29-18-10-11-19-31(29)43-6-2/h7-12,14-19,24,30H,5-6,13,20-23H2,1-4H3,(H,36,40)/t24-,30-/m0/s1. The highest BCUT2D eigenvalue weighted by atomic mass is 35.5. The minimum atomic E-state index is -3.69. The Hall–Kier alpha value is -3.27. The second-order valence-electron chi connectivity index (χ2n) is 10.6. The number of halogens is 2. The quantitative estimate of drug-likeness (QED) is 0.189. The van der Waals surface area contributed by atoms with Gasteiger partial charge in [0.05, 0.1) is 18.6 Å². The van der Waals surface area contributed by atoms with Crippen LogP contribution < -0.4 is 14.4 Å². The van der Waals surface area contributed by atoms with E-state index in [-0.39, 0.29) is 50.2 Å². The lowest BCUT2D eigenvalue weighted by molar-refractivity contribution is -0.141. The topological polar surface area (TPSA) is 96.0 Å². The molecule has 44 heavy (non-hydrogen) atoms. The lowest BCUT2D eigenvalue weighted by Crippen LogP contribution is -2.52. The van der Waals surface area contributed by atoms with E-state index < -0.39 is 16.1 Å². The number of anilines is 1. The molecule has 0 aromatic heterocycles. The van der Waals surface area contributed by atoms with E-state index in [4.69, 9.17) is 27.9 Å². The Balaban J connectivity index is 1.95. The third kappa shape index (κ3) is 9.87. The maximum absolute atomic E-state index is 14.1. The lowest BCUT2D eigenvalue weighted by Gasteiger charge is -2.33. The van der Waals surface area contributed by atoms with Crippen LogP contribution in [0.5, 0.6) is 5.75 Å². The highest BCUT2D eigenvalue weighted by molar-refractivity contribution is 7.92. The Morgan fingerprint density at radius 3 is 2.18 bits per heavy atom. The molecule has 0 spiro atoms. The van der Waals surface area contributed by atoms with Crippen molar-refractivity contribution in [2.45, 2.75) is 65.1 Å². The monoisotopic (exact) mass is 661 g/mol. The lowest BCUT2D eigenvalue weighted by atomic mass is 10.0. The molecule has 3 aromatic carbocycles. The summed E-state index contributed by atoms with van der Waals surface area (Å²) in [6.07, 6.45) is 2.29. The smallest absolute Gasteiger partial charge is 0.243 e. The fraction of sp³-hybridized carbons (Fsp3) is 0.394. The molecule has 0 fully saturated rings. The van der Waals surface area contributed by atoms with Crippen LogP contribution in [0.4, 0.5) is 5.69 Å². The van der Waals surface area contributed by atoms with Crippen LogP contribution >= 0.6 is 23.2 Å². The summed E-state index contributed by atoms with van der Waals surface area (Å²) in [6.45, 7) is 6.12. The first kappa shape index (κ1) is 35.2. The van der Waals surface area contributed by atoms with E-state index >= 15 is 0 Å². The first-order chi connectivity index (χ1) is 21.0. The van der Waals surface area contributed by atoms with Crippen molar-refractivity contribution in [2.24, 2.45) is 0 Å². The van der Waals surface area contributed by atoms with Crippen LogP contribution in [0, 0.1) is 0 Å². The van der Waals surface area contributed by atoms with E-state index in [9.17, 15) is 18.0 Å². The molecule has 0 saturated heterocycles. The number of carbonyl (C=O) groups is 2. The summed E-state index contributed by atoms with van der Waals surface area (Å²) in [5, 5.41) is 3.80. The molecule has 3 aromatic rings. The number of hydrogen-bond acceptors (Lipinski definition) is 5. The molecule has 0 unspecified atom stereocenters. The van der Waals surface area contributed by atoms with Gasteiger partial charge in [0.2, 0.25) is 21.8 Å². The minimum Gasteiger partial charge on any atom is -0.492 e. The van der Waals surface area contributed by atoms with Crippen LogP contribution in [0.25, 0.3) is 0 Å². The summed E-state index contributed by atoms with van der Waals surface area (Å²) >= 11 is 13.1. The molecule has 0 bridgehead atoms. The zero-order chi connectivity index (χ0) is 32.3. The summed E-state index contributed by atoms with van der Waals surface area (Å²) in [4.78, 5) is 29.3. The number of amides is 2. The van der Waals surface area contributed by atoms with Crippen LogP contribution in [0.1, 0.15) is 51.2 Å². The predicted molar refractivity (Wildman–Crippen MR) is 178 cm³/mol. The van der Waals surface area contributed by atoms with Crippen molar-refractivity contribution < 1.29 is 22.7 Å². The molecule has 8 nitrogen and oxygen atoms in total. The molecular formula is C33H41Cl2N3O5S. The Bertz CT molecular complexity index is 1480. The van der Waals surface area contributed by atoms with E-state index in [0.29, 0.717) is 33.7 Å². The molecule has 238 valence electrons. The van der Waals surface area contributed by atoms with E-state index in [1.54, 1.807) is 42.5 Å². The highest BCUT2D eigenvalue weighted by Gasteiger charge is 2.32. The van der Waals surface area contributed by atoms with Crippen molar-refractivity contribution in [3.63, 3.8) is 0 Å². The summed E-state index contributed by atoms with van der Waals surface area (Å²) < 4.78 is 32.6. The van der Waals surface area contributed by atoms with Gasteiger partial charge in [0.1, 0.15) is 11.8 Å². The Kier molecular flexibility index (Phi) is 13.4. The third-order valence-corrected chi connectivity index (χ3v) is 9.14. The van der Waals surface area contributed by atoms with Gasteiger partial charge >= 0.3 is 0 Å². The zero-order valence-electron chi connectivity index (χ0n) is 25.6. The number of carbonyl (C=O) groups excluding carboxylic acids is 2. The number of para-hydroxylation sites is 2. The summed E-state index contributed by atoms with van der Waals surface area (Å²) in [5.74, 6) is -0.178. The molecular weight excluding hydrogens is 621 g/mol. The van der Waals surface area contributed by atoms with Crippen LogP contribution in [0.15, 0.2) is 72.8 Å². The van der Waals surface area contributed by atoms with Crippen LogP contribution in [0.2, 0.25) is 10.0 Å². The average Bonchev–Trinajstić information content (AvgIpc) is 2.98. The number of ether oxygens (including phenoxy) is 1. The normalized spacial score (nSPS) is 12.7. The van der Waals surface area contributed by atoms with Gasteiger partial charge in [-0.25, -0.2) is 8.42 Å². The van der Waals surface area contributed by atoms with Crippen molar-refractivity contribution in [1.29, 1.82) is 0 Å². The van der Waals surface area contributed by atoms with Crippen LogP contribution in [-0.4, -0.2) is 56.6 Å². The molecule has 3 rings (SSSR count). The molecule has 0 radical (unpaired) electrons. The molecule has 0 aliphatic carbocycles. The molecule has 11 heteroatoms. The first-order valence-corrected chi connectivity index (χ1v) is 17.3. The fourth-order valence-corrected chi connectivity index (χ4v) is 6.26. The molecule has 0 aliphatic rings. The zero-order valence-corrected chi connectivity index (χ0v) is 28.0. The van der Waals surface area contributed by atoms with Gasteiger partial charge in [-0.3, -0.25) is 13.9 Å². The SMILES string of the molecule is CCOc1ccccc1N(CCCC(=O)N(Cc1c(Cl)cccc1Cl)[C@@H](Cc1ccccc1)C(=O)N[C@@H](C)CC)S(C)(=O)=O. The van der Waals surface area contributed by atoms with Gasteiger partial charge in [0, 0.05) is 47.6 Å². The molecule has 2 amide bonds. The van der Waals surface area contributed by atoms with Gasteiger partial charge in [-0.15, -0.1) is 0 Å².